The monoisotopic (exact) mass is 306 g/mol. The lowest BCUT2D eigenvalue weighted by Crippen LogP contribution is -2.39. The first kappa shape index (κ1) is 17.4. The molecule has 0 spiro atoms. The summed E-state index contributed by atoms with van der Waals surface area (Å²) in [5.41, 5.74) is 1.47. The average molecular weight is 306 g/mol. The molecule has 2 N–H and O–H groups in total. The Morgan fingerprint density at radius 3 is 2.23 bits per heavy atom. The van der Waals surface area contributed by atoms with E-state index >= 15 is 0 Å². The minimum absolute atomic E-state index is 0.257. The van der Waals surface area contributed by atoms with Crippen molar-refractivity contribution in [3.8, 4) is 0 Å². The van der Waals surface area contributed by atoms with Crippen LogP contribution in [0.15, 0.2) is 24.3 Å². The number of aryl methyl sites for hydroxylation is 1. The Labute approximate surface area is 128 Å². The van der Waals surface area contributed by atoms with E-state index < -0.39 is 11.9 Å². The van der Waals surface area contributed by atoms with Crippen molar-refractivity contribution in [3.05, 3.63) is 35.4 Å². The molecule has 0 radical (unpaired) electrons. The van der Waals surface area contributed by atoms with E-state index in [1.165, 1.54) is 6.92 Å². The first-order valence-electron chi connectivity index (χ1n) is 6.65. The van der Waals surface area contributed by atoms with Gasteiger partial charge in [-0.05, 0) is 26.0 Å². The summed E-state index contributed by atoms with van der Waals surface area (Å²) in [5.74, 6) is -1.91. The fraction of sp³-hybridized carbons (Fsp3) is 0.333. The predicted molar refractivity (Wildman–Crippen MR) is 78.2 cm³/mol. The second-order valence-electron chi connectivity index (χ2n) is 4.69. The number of rotatable bonds is 7. The molecule has 22 heavy (non-hydrogen) atoms. The van der Waals surface area contributed by atoms with Gasteiger partial charge in [-0.25, -0.2) is 0 Å². The van der Waals surface area contributed by atoms with Crippen molar-refractivity contribution in [2.24, 2.45) is 0 Å². The number of amides is 2. The number of Topliss-reactive ketones (excluding diaryl/α,β-unsaturated/α-hetero) is 1. The van der Waals surface area contributed by atoms with Crippen LogP contribution < -0.4 is 10.6 Å². The van der Waals surface area contributed by atoms with E-state index in [1.807, 2.05) is 6.92 Å². The highest BCUT2D eigenvalue weighted by Gasteiger charge is 2.10. The minimum atomic E-state index is -0.714. The van der Waals surface area contributed by atoms with E-state index in [9.17, 15) is 19.2 Å². The van der Waals surface area contributed by atoms with E-state index in [4.69, 9.17) is 0 Å². The highest BCUT2D eigenvalue weighted by atomic mass is 16.5. The third kappa shape index (κ3) is 6.65. The molecule has 0 fully saturated rings. The minimum Gasteiger partial charge on any atom is -0.456 e. The number of carbonyl (C=O) groups excluding carboxylic acids is 4. The number of benzene rings is 1. The lowest BCUT2D eigenvalue weighted by molar-refractivity contribution is -0.147. The maximum absolute atomic E-state index is 11.8. The molecular weight excluding hydrogens is 288 g/mol. The van der Waals surface area contributed by atoms with Gasteiger partial charge in [0.2, 0.25) is 5.91 Å². The Kier molecular flexibility index (Phi) is 6.75. The predicted octanol–water partition coefficient (Wildman–Crippen LogP) is -0.0268. The van der Waals surface area contributed by atoms with Crippen molar-refractivity contribution < 1.29 is 23.9 Å². The Balaban J connectivity index is 2.28. The molecular formula is C15H18N2O5. The second kappa shape index (κ2) is 8.56. The van der Waals surface area contributed by atoms with Gasteiger partial charge in [-0.3, -0.25) is 19.2 Å². The van der Waals surface area contributed by atoms with Gasteiger partial charge in [0.1, 0.15) is 13.2 Å². The van der Waals surface area contributed by atoms with Gasteiger partial charge in [-0.1, -0.05) is 17.7 Å². The van der Waals surface area contributed by atoms with Crippen LogP contribution in [0.2, 0.25) is 0 Å². The van der Waals surface area contributed by atoms with Crippen LogP contribution in [0.4, 0.5) is 0 Å². The molecule has 0 unspecified atom stereocenters. The van der Waals surface area contributed by atoms with Crippen molar-refractivity contribution >= 4 is 23.6 Å². The highest BCUT2D eigenvalue weighted by Crippen LogP contribution is 2.02. The van der Waals surface area contributed by atoms with Gasteiger partial charge in [0.15, 0.2) is 5.78 Å². The van der Waals surface area contributed by atoms with Gasteiger partial charge in [0.05, 0.1) is 6.54 Å². The van der Waals surface area contributed by atoms with Crippen molar-refractivity contribution in [1.82, 2.24) is 10.6 Å². The summed E-state index contributed by atoms with van der Waals surface area (Å²) in [7, 11) is 0. The van der Waals surface area contributed by atoms with Crippen LogP contribution in [0.25, 0.3) is 0 Å². The summed E-state index contributed by atoms with van der Waals surface area (Å²) >= 11 is 0. The summed E-state index contributed by atoms with van der Waals surface area (Å²) in [6.45, 7) is 2.25. The molecule has 0 aliphatic rings. The molecule has 7 nitrogen and oxygen atoms in total. The first-order chi connectivity index (χ1) is 10.4. The fourth-order valence-electron chi connectivity index (χ4n) is 1.43. The van der Waals surface area contributed by atoms with Crippen LogP contribution in [-0.4, -0.2) is 43.3 Å². The van der Waals surface area contributed by atoms with Gasteiger partial charge in [-0.2, -0.15) is 0 Å². The van der Waals surface area contributed by atoms with Crippen LogP contribution in [0.1, 0.15) is 22.8 Å². The quantitative estimate of drug-likeness (QED) is 0.689. The molecule has 1 aromatic carbocycles. The van der Waals surface area contributed by atoms with E-state index in [2.05, 4.69) is 15.4 Å². The Morgan fingerprint density at radius 1 is 1.00 bits per heavy atom. The van der Waals surface area contributed by atoms with Gasteiger partial charge in [-0.15, -0.1) is 0 Å². The van der Waals surface area contributed by atoms with Gasteiger partial charge < -0.3 is 15.4 Å². The summed E-state index contributed by atoms with van der Waals surface area (Å²) in [6.07, 6.45) is 0. The van der Waals surface area contributed by atoms with Gasteiger partial charge in [0.25, 0.3) is 5.91 Å². The molecule has 0 bridgehead atoms. The van der Waals surface area contributed by atoms with Crippen LogP contribution in [0.3, 0.4) is 0 Å². The molecule has 0 saturated heterocycles. The van der Waals surface area contributed by atoms with Crippen molar-refractivity contribution in [2.45, 2.75) is 13.8 Å². The number of carbonyl (C=O) groups is 4. The molecule has 1 aromatic rings. The zero-order valence-corrected chi connectivity index (χ0v) is 12.5. The van der Waals surface area contributed by atoms with E-state index in [0.29, 0.717) is 5.56 Å². The molecule has 7 heteroatoms. The van der Waals surface area contributed by atoms with Gasteiger partial charge >= 0.3 is 5.97 Å². The number of nitrogens with one attached hydrogen (secondary N) is 2. The van der Waals surface area contributed by atoms with Gasteiger partial charge in [0, 0.05) is 5.56 Å². The number of ketones is 1. The third-order valence-corrected chi connectivity index (χ3v) is 2.59. The molecule has 0 aliphatic carbocycles. The molecule has 1 rings (SSSR count). The molecule has 0 heterocycles. The molecule has 2 amide bonds. The maximum Gasteiger partial charge on any atom is 0.325 e. The van der Waals surface area contributed by atoms with E-state index in [1.54, 1.807) is 24.3 Å². The Hall–Kier alpha value is -2.70. The van der Waals surface area contributed by atoms with Crippen molar-refractivity contribution in [3.63, 3.8) is 0 Å². The number of esters is 1. The lowest BCUT2D eigenvalue weighted by Gasteiger charge is -2.07. The molecule has 0 saturated carbocycles. The molecule has 0 aromatic heterocycles. The zero-order valence-electron chi connectivity index (χ0n) is 12.5. The highest BCUT2D eigenvalue weighted by molar-refractivity contribution is 5.96. The van der Waals surface area contributed by atoms with Crippen LogP contribution in [-0.2, 0) is 19.1 Å². The van der Waals surface area contributed by atoms with Crippen molar-refractivity contribution in [2.75, 3.05) is 19.7 Å². The molecule has 0 atom stereocenters. The largest absolute Gasteiger partial charge is 0.456 e. The van der Waals surface area contributed by atoms with Crippen LogP contribution in [0, 0.1) is 6.92 Å². The summed E-state index contributed by atoms with van der Waals surface area (Å²) in [5, 5.41) is 4.72. The smallest absolute Gasteiger partial charge is 0.325 e. The van der Waals surface area contributed by atoms with Crippen LogP contribution in [0.5, 0.6) is 0 Å². The Morgan fingerprint density at radius 2 is 1.64 bits per heavy atom. The Bertz CT molecular complexity index is 566. The second-order valence-corrected chi connectivity index (χ2v) is 4.69. The number of hydrogen-bond acceptors (Lipinski definition) is 5. The normalized spacial score (nSPS) is 9.73. The number of hydrogen-bond donors (Lipinski definition) is 2. The van der Waals surface area contributed by atoms with E-state index in [-0.39, 0.29) is 31.4 Å². The molecule has 0 aliphatic heterocycles. The SMILES string of the molecule is CC(=O)COC(=O)CNC(=O)CNC(=O)c1ccc(C)cc1. The van der Waals surface area contributed by atoms with E-state index in [0.717, 1.165) is 5.56 Å². The van der Waals surface area contributed by atoms with Crippen LogP contribution >= 0.6 is 0 Å². The fourth-order valence-corrected chi connectivity index (χ4v) is 1.43. The number of ether oxygens (including phenoxy) is 1. The summed E-state index contributed by atoms with van der Waals surface area (Å²) in [6, 6.07) is 6.89. The summed E-state index contributed by atoms with van der Waals surface area (Å²) in [4.78, 5) is 45.0. The lowest BCUT2D eigenvalue weighted by atomic mass is 10.1. The zero-order chi connectivity index (χ0) is 16.5. The third-order valence-electron chi connectivity index (χ3n) is 2.59. The standard InChI is InChI=1S/C15H18N2O5/c1-10-3-5-12(6-4-10)15(21)17-7-13(19)16-8-14(20)22-9-11(2)18/h3-6H,7-9H2,1-2H3,(H,16,19)(H,17,21). The van der Waals surface area contributed by atoms with Crippen molar-refractivity contribution in [1.29, 1.82) is 0 Å². The first-order valence-corrected chi connectivity index (χ1v) is 6.65. The molecule has 118 valence electrons. The topological polar surface area (TPSA) is 102 Å². The average Bonchev–Trinajstić information content (AvgIpc) is 2.49. The maximum atomic E-state index is 11.8. The summed E-state index contributed by atoms with van der Waals surface area (Å²) < 4.78 is 4.57.